The second-order valence-corrected chi connectivity index (χ2v) is 17.1. The lowest BCUT2D eigenvalue weighted by Gasteiger charge is -2.27. The molecule has 15 nitrogen and oxygen atoms in total. The molecule has 1 fully saturated rings. The first-order valence-corrected chi connectivity index (χ1v) is 22.3. The number of benzene rings is 2. The van der Waals surface area contributed by atoms with Gasteiger partial charge in [-0.1, -0.05) is 47.3 Å². The molecule has 0 saturated carbocycles. The Bertz CT molecular complexity index is 2630. The molecule has 62 heavy (non-hydrogen) atoms. The van der Waals surface area contributed by atoms with E-state index in [2.05, 4.69) is 57.7 Å². The number of carbonyl (C=O) groups excluding carboxylic acids is 3. The van der Waals surface area contributed by atoms with Gasteiger partial charge in [-0.2, -0.15) is 10.2 Å². The van der Waals surface area contributed by atoms with Gasteiger partial charge in [-0.05, 0) is 50.2 Å². The molecule has 0 spiro atoms. The Balaban J connectivity index is 0.000000191. The number of rotatable bonds is 8. The molecule has 1 amide bonds. The average molecular weight is 941 g/mol. The van der Waals surface area contributed by atoms with Crippen molar-refractivity contribution in [2.45, 2.75) is 59.2 Å². The third-order valence-corrected chi connectivity index (χ3v) is 12.7. The Morgan fingerprint density at radius 2 is 1.35 bits per heavy atom. The van der Waals surface area contributed by atoms with Crippen molar-refractivity contribution in [1.29, 1.82) is 0 Å². The van der Waals surface area contributed by atoms with Crippen molar-refractivity contribution in [3.05, 3.63) is 116 Å². The fourth-order valence-electron chi connectivity index (χ4n) is 7.53. The van der Waals surface area contributed by atoms with Crippen LogP contribution < -0.4 is 9.80 Å². The summed E-state index contributed by atoms with van der Waals surface area (Å²) < 4.78 is 15.1. The first kappa shape index (κ1) is 44.2. The Labute approximate surface area is 376 Å². The predicted octanol–water partition coefficient (Wildman–Crippen LogP) is 6.48. The number of hydrogen-bond acceptors (Lipinski definition) is 14. The summed E-state index contributed by atoms with van der Waals surface area (Å²) in [5.74, 6) is 4.49. The van der Waals surface area contributed by atoms with Crippen LogP contribution in [0.4, 0.5) is 10.3 Å². The SMILES string of the molecule is C.CCOC(=O)c1nn(-c2cccc(Br)c2)c2c1CN(c1nccs1)CC2.CCOC(=O)c1nn(-c2cccc(C#C[C@]3(O)CCN(C)C3=O)c2)c2c1CN(c1nccs1)CC2. The van der Waals surface area contributed by atoms with Crippen LogP contribution in [0, 0.1) is 11.8 Å². The van der Waals surface area contributed by atoms with Gasteiger partial charge in [0.05, 0.1) is 36.0 Å². The molecule has 2 aromatic carbocycles. The second kappa shape index (κ2) is 19.0. The molecule has 3 aliphatic rings. The molecule has 18 heteroatoms. The van der Waals surface area contributed by atoms with E-state index in [4.69, 9.17) is 9.47 Å². The fraction of sp³-hybridized carbons (Fsp3) is 0.341. The summed E-state index contributed by atoms with van der Waals surface area (Å²) in [6.07, 6.45) is 5.31. The smallest absolute Gasteiger partial charge is 0.359 e. The number of likely N-dealkylation sites (tertiary alicyclic amines) is 1. The van der Waals surface area contributed by atoms with Gasteiger partial charge in [-0.15, -0.1) is 22.7 Å². The third kappa shape index (κ3) is 9.02. The number of hydrogen-bond donors (Lipinski definition) is 1. The van der Waals surface area contributed by atoms with E-state index in [1.54, 1.807) is 60.6 Å². The van der Waals surface area contributed by atoms with Crippen molar-refractivity contribution in [3.63, 3.8) is 0 Å². The Morgan fingerprint density at radius 3 is 1.82 bits per heavy atom. The van der Waals surface area contributed by atoms with Gasteiger partial charge in [0.25, 0.3) is 5.91 Å². The van der Waals surface area contributed by atoms with Gasteiger partial charge in [0.1, 0.15) is 0 Å². The van der Waals surface area contributed by atoms with Crippen molar-refractivity contribution in [3.8, 4) is 23.2 Å². The Morgan fingerprint density at radius 1 is 0.823 bits per heavy atom. The number of halogens is 1. The highest BCUT2D eigenvalue weighted by Gasteiger charge is 2.42. The number of nitrogens with zero attached hydrogens (tertiary/aromatic N) is 9. The maximum Gasteiger partial charge on any atom is 0.359 e. The molecule has 1 N–H and O–H groups in total. The molecule has 3 aliphatic heterocycles. The van der Waals surface area contributed by atoms with E-state index in [-0.39, 0.29) is 32.3 Å². The van der Waals surface area contributed by atoms with E-state index in [1.807, 2.05) is 64.0 Å². The number of aromatic nitrogens is 6. The number of aliphatic hydroxyl groups is 1. The topological polar surface area (TPSA) is 161 Å². The van der Waals surface area contributed by atoms with Crippen LogP contribution in [-0.4, -0.2) is 103 Å². The van der Waals surface area contributed by atoms with Gasteiger partial charge < -0.3 is 29.3 Å². The van der Waals surface area contributed by atoms with Gasteiger partial charge in [0, 0.05) is 103 Å². The lowest BCUT2D eigenvalue weighted by Crippen LogP contribution is -2.37. The monoisotopic (exact) mass is 939 g/mol. The van der Waals surface area contributed by atoms with Crippen molar-refractivity contribution in [2.75, 3.05) is 49.7 Å². The highest BCUT2D eigenvalue weighted by molar-refractivity contribution is 9.10. The molecule has 0 bridgehead atoms. The van der Waals surface area contributed by atoms with Crippen LogP contribution in [0.25, 0.3) is 11.4 Å². The Kier molecular flexibility index (Phi) is 13.6. The summed E-state index contributed by atoms with van der Waals surface area (Å²) in [4.78, 5) is 52.1. The zero-order chi connectivity index (χ0) is 42.7. The number of fused-ring (bicyclic) bond motifs is 2. The number of anilines is 2. The minimum atomic E-state index is -1.66. The van der Waals surface area contributed by atoms with Crippen LogP contribution in [0.2, 0.25) is 0 Å². The van der Waals surface area contributed by atoms with E-state index in [1.165, 1.54) is 4.90 Å². The van der Waals surface area contributed by atoms with E-state index < -0.39 is 11.6 Å². The molecule has 1 saturated heterocycles. The molecular weight excluding hydrogens is 895 g/mol. The average Bonchev–Trinajstić information content (AvgIpc) is 4.13. The van der Waals surface area contributed by atoms with Crippen molar-refractivity contribution in [2.24, 2.45) is 0 Å². The fourth-order valence-corrected chi connectivity index (χ4v) is 9.26. The highest BCUT2D eigenvalue weighted by Crippen LogP contribution is 2.32. The molecule has 0 radical (unpaired) electrons. The van der Waals surface area contributed by atoms with Gasteiger partial charge in [-0.25, -0.2) is 28.9 Å². The molecule has 322 valence electrons. The van der Waals surface area contributed by atoms with Crippen molar-refractivity contribution >= 4 is 66.7 Å². The maximum atomic E-state index is 12.7. The first-order chi connectivity index (χ1) is 29.6. The van der Waals surface area contributed by atoms with Gasteiger partial charge in [0.15, 0.2) is 21.7 Å². The molecule has 9 rings (SSSR count). The largest absolute Gasteiger partial charge is 0.461 e. The lowest BCUT2D eigenvalue weighted by atomic mass is 10.0. The van der Waals surface area contributed by atoms with E-state index in [0.29, 0.717) is 49.6 Å². The summed E-state index contributed by atoms with van der Waals surface area (Å²) in [6, 6.07) is 15.3. The maximum absolute atomic E-state index is 12.7. The minimum Gasteiger partial charge on any atom is -0.461 e. The molecule has 0 aliphatic carbocycles. The predicted molar refractivity (Wildman–Crippen MR) is 241 cm³/mol. The quantitative estimate of drug-likeness (QED) is 0.131. The second-order valence-electron chi connectivity index (χ2n) is 14.4. The van der Waals surface area contributed by atoms with Gasteiger partial charge in [-0.3, -0.25) is 4.79 Å². The third-order valence-electron chi connectivity index (χ3n) is 10.5. The first-order valence-electron chi connectivity index (χ1n) is 19.8. The standard InChI is InChI=1S/C25H25N5O4S.C18H17BrN4O2S.CH4/c1-3-34-22(31)21-19-16-29(24-26-11-14-35-24)12-8-20(19)30(27-21)18-6-4-5-17(15-18)7-9-25(33)10-13-28(2)23(25)32;1-2-25-17(24)16-14-11-22(18-20-7-9-26-18)8-6-15(14)23(21-16)13-5-3-4-12(19)10-13;/h4-6,11,14-15,33H,3,8,10,12-13,16H2,1-2H3;3-5,7,9-10H,2,6,8,11H2,1H3;1H4/t25-;;/m0../s1. The van der Waals surface area contributed by atoms with E-state index >= 15 is 0 Å². The molecule has 4 aromatic heterocycles. The summed E-state index contributed by atoms with van der Waals surface area (Å²) >= 11 is 6.66. The summed E-state index contributed by atoms with van der Waals surface area (Å²) in [6.45, 7) is 7.33. The van der Waals surface area contributed by atoms with Crippen LogP contribution in [0.15, 0.2) is 76.2 Å². The highest BCUT2D eigenvalue weighted by atomic mass is 79.9. The summed E-state index contributed by atoms with van der Waals surface area (Å²) in [5, 5.41) is 25.6. The zero-order valence-corrected chi connectivity index (χ0v) is 36.9. The number of ether oxygens (including phenoxy) is 2. The number of thiazole rings is 2. The van der Waals surface area contributed by atoms with Crippen LogP contribution >= 0.6 is 38.6 Å². The number of likely N-dealkylation sites (N-methyl/N-ethyl adjacent to an activating group) is 1. The zero-order valence-electron chi connectivity index (χ0n) is 33.7. The van der Waals surface area contributed by atoms with Crippen molar-refractivity contribution < 1.29 is 29.0 Å². The summed E-state index contributed by atoms with van der Waals surface area (Å²) in [5.41, 5.74) is 5.08. The minimum absolute atomic E-state index is 0. The van der Waals surface area contributed by atoms with Gasteiger partial charge >= 0.3 is 11.9 Å². The van der Waals surface area contributed by atoms with Gasteiger partial charge in [0.2, 0.25) is 5.60 Å². The number of carbonyl (C=O) groups is 3. The normalized spacial score (nSPS) is 16.6. The van der Waals surface area contributed by atoms with Crippen LogP contribution in [-0.2, 0) is 40.2 Å². The van der Waals surface area contributed by atoms with Crippen LogP contribution in [0.3, 0.4) is 0 Å². The Hall–Kier alpha value is -5.87. The number of esters is 2. The van der Waals surface area contributed by atoms with Crippen LogP contribution in [0.5, 0.6) is 0 Å². The molecule has 0 unspecified atom stereocenters. The summed E-state index contributed by atoms with van der Waals surface area (Å²) in [7, 11) is 1.65. The lowest BCUT2D eigenvalue weighted by molar-refractivity contribution is -0.137. The molecule has 6 aromatic rings. The molecule has 1 atom stereocenters. The van der Waals surface area contributed by atoms with E-state index in [9.17, 15) is 19.5 Å². The van der Waals surface area contributed by atoms with Crippen LogP contribution in [0.1, 0.15) is 76.8 Å². The van der Waals surface area contributed by atoms with Crippen molar-refractivity contribution in [1.82, 2.24) is 34.4 Å². The van der Waals surface area contributed by atoms with E-state index in [0.717, 1.165) is 68.1 Å². The number of amides is 1. The molecular formula is C44H46BrN9O6S2. The molecule has 7 heterocycles.